The highest BCUT2D eigenvalue weighted by Crippen LogP contribution is 2.35. The summed E-state index contributed by atoms with van der Waals surface area (Å²) < 4.78 is 0. The predicted octanol–water partition coefficient (Wildman–Crippen LogP) is 1.10. The van der Waals surface area contributed by atoms with Crippen molar-refractivity contribution in [3.8, 4) is 0 Å². The summed E-state index contributed by atoms with van der Waals surface area (Å²) in [5.41, 5.74) is 5.81. The Labute approximate surface area is 105 Å². The van der Waals surface area contributed by atoms with Gasteiger partial charge in [0.2, 0.25) is 5.91 Å². The second-order valence-electron chi connectivity index (χ2n) is 6.24. The lowest BCUT2D eigenvalue weighted by Crippen LogP contribution is -2.57. The monoisotopic (exact) mass is 241 g/mol. The number of carbonyl (C=O) groups excluding carboxylic acids is 1. The molecule has 0 radical (unpaired) electrons. The molecule has 0 aromatic rings. The summed E-state index contributed by atoms with van der Waals surface area (Å²) in [6.07, 6.45) is 4.88. The summed E-state index contributed by atoms with van der Waals surface area (Å²) in [5.74, 6) is 0.122. The SMILES string of the molecule is CN(C)C1(CNC(=O)CCC(C)(C)N)CCC1. The second-order valence-corrected chi connectivity index (χ2v) is 6.24. The molecule has 1 aliphatic rings. The molecule has 1 rings (SSSR count). The fourth-order valence-electron chi connectivity index (χ4n) is 2.15. The Morgan fingerprint density at radius 3 is 2.35 bits per heavy atom. The number of amides is 1. The van der Waals surface area contributed by atoms with Gasteiger partial charge in [-0.15, -0.1) is 0 Å². The Hall–Kier alpha value is -0.610. The van der Waals surface area contributed by atoms with Crippen molar-refractivity contribution in [1.29, 1.82) is 0 Å². The molecule has 0 unspecified atom stereocenters. The third kappa shape index (κ3) is 4.28. The van der Waals surface area contributed by atoms with Crippen LogP contribution in [0.1, 0.15) is 46.0 Å². The molecular weight excluding hydrogens is 214 g/mol. The van der Waals surface area contributed by atoms with E-state index in [0.717, 1.165) is 13.0 Å². The first kappa shape index (κ1) is 14.5. The molecule has 1 amide bonds. The smallest absolute Gasteiger partial charge is 0.220 e. The zero-order chi connectivity index (χ0) is 13.1. The van der Waals surface area contributed by atoms with Crippen LogP contribution in [-0.2, 0) is 4.79 Å². The van der Waals surface area contributed by atoms with Crippen molar-refractivity contribution in [2.75, 3.05) is 20.6 Å². The van der Waals surface area contributed by atoms with Crippen molar-refractivity contribution in [2.24, 2.45) is 5.73 Å². The number of hydrogen-bond donors (Lipinski definition) is 2. The Balaban J connectivity index is 2.28. The number of nitrogens with two attached hydrogens (primary N) is 1. The number of rotatable bonds is 6. The van der Waals surface area contributed by atoms with E-state index in [1.54, 1.807) is 0 Å². The van der Waals surface area contributed by atoms with E-state index in [2.05, 4.69) is 24.3 Å². The number of nitrogens with one attached hydrogen (secondary N) is 1. The third-order valence-corrected chi connectivity index (χ3v) is 3.84. The maximum absolute atomic E-state index is 11.7. The van der Waals surface area contributed by atoms with Crippen LogP contribution in [0.2, 0.25) is 0 Å². The molecule has 4 nitrogen and oxygen atoms in total. The van der Waals surface area contributed by atoms with E-state index in [0.29, 0.717) is 6.42 Å². The van der Waals surface area contributed by atoms with Crippen LogP contribution in [0, 0.1) is 0 Å². The molecule has 1 aliphatic carbocycles. The molecule has 1 saturated carbocycles. The fourth-order valence-corrected chi connectivity index (χ4v) is 2.15. The van der Waals surface area contributed by atoms with E-state index >= 15 is 0 Å². The lowest BCUT2D eigenvalue weighted by Gasteiger charge is -2.47. The average Bonchev–Trinajstić information content (AvgIpc) is 2.11. The molecule has 3 N–H and O–H groups in total. The molecular formula is C13H27N3O. The molecule has 0 heterocycles. The van der Waals surface area contributed by atoms with Gasteiger partial charge >= 0.3 is 0 Å². The van der Waals surface area contributed by atoms with Crippen LogP contribution in [0.25, 0.3) is 0 Å². The van der Waals surface area contributed by atoms with Gasteiger partial charge < -0.3 is 16.0 Å². The maximum Gasteiger partial charge on any atom is 0.220 e. The van der Waals surface area contributed by atoms with Crippen LogP contribution in [0.4, 0.5) is 0 Å². The van der Waals surface area contributed by atoms with Crippen LogP contribution >= 0.6 is 0 Å². The molecule has 0 aromatic heterocycles. The Morgan fingerprint density at radius 2 is 2.00 bits per heavy atom. The number of carbonyl (C=O) groups is 1. The largest absolute Gasteiger partial charge is 0.354 e. The van der Waals surface area contributed by atoms with Gasteiger partial charge in [-0.3, -0.25) is 4.79 Å². The molecule has 0 spiro atoms. The van der Waals surface area contributed by atoms with Crippen molar-refractivity contribution < 1.29 is 4.79 Å². The molecule has 0 aromatic carbocycles. The lowest BCUT2D eigenvalue weighted by molar-refractivity contribution is -0.122. The standard InChI is InChI=1S/C13H27N3O/c1-12(2,14)9-6-11(17)15-10-13(16(3)4)7-5-8-13/h5-10,14H2,1-4H3,(H,15,17). The number of likely N-dealkylation sites (N-methyl/N-ethyl adjacent to an activating group) is 1. The van der Waals surface area contributed by atoms with E-state index in [9.17, 15) is 4.79 Å². The van der Waals surface area contributed by atoms with Crippen molar-refractivity contribution in [3.05, 3.63) is 0 Å². The van der Waals surface area contributed by atoms with Gasteiger partial charge in [-0.2, -0.15) is 0 Å². The van der Waals surface area contributed by atoms with E-state index in [1.165, 1.54) is 19.3 Å². The van der Waals surface area contributed by atoms with Crippen molar-refractivity contribution in [2.45, 2.75) is 57.0 Å². The minimum atomic E-state index is -0.257. The Bertz CT molecular complexity index is 264. The molecule has 0 atom stereocenters. The zero-order valence-electron chi connectivity index (χ0n) is 11.7. The number of hydrogen-bond acceptors (Lipinski definition) is 3. The van der Waals surface area contributed by atoms with Gasteiger partial charge in [-0.25, -0.2) is 0 Å². The summed E-state index contributed by atoms with van der Waals surface area (Å²) in [5, 5.41) is 3.04. The van der Waals surface area contributed by atoms with Crippen molar-refractivity contribution in [3.63, 3.8) is 0 Å². The molecule has 0 saturated heterocycles. The van der Waals surface area contributed by atoms with Gasteiger partial charge in [0.15, 0.2) is 0 Å². The summed E-state index contributed by atoms with van der Waals surface area (Å²) >= 11 is 0. The second kappa shape index (κ2) is 5.36. The maximum atomic E-state index is 11.7. The van der Waals surface area contributed by atoms with Crippen LogP contribution < -0.4 is 11.1 Å². The quantitative estimate of drug-likeness (QED) is 0.732. The van der Waals surface area contributed by atoms with Gasteiger partial charge in [0, 0.05) is 24.0 Å². The summed E-state index contributed by atoms with van der Waals surface area (Å²) in [6.45, 7) is 4.67. The van der Waals surface area contributed by atoms with Crippen LogP contribution in [-0.4, -0.2) is 42.5 Å². The normalized spacial score (nSPS) is 18.9. The minimum Gasteiger partial charge on any atom is -0.354 e. The van der Waals surface area contributed by atoms with Gasteiger partial charge in [0.1, 0.15) is 0 Å². The first-order chi connectivity index (χ1) is 7.75. The van der Waals surface area contributed by atoms with E-state index in [4.69, 9.17) is 5.73 Å². The zero-order valence-corrected chi connectivity index (χ0v) is 11.7. The topological polar surface area (TPSA) is 58.4 Å². The highest BCUT2D eigenvalue weighted by molar-refractivity contribution is 5.76. The fraction of sp³-hybridized carbons (Fsp3) is 0.923. The van der Waals surface area contributed by atoms with Crippen molar-refractivity contribution >= 4 is 5.91 Å². The van der Waals surface area contributed by atoms with E-state index in [1.807, 2.05) is 13.8 Å². The number of nitrogens with zero attached hydrogens (tertiary/aromatic N) is 1. The van der Waals surface area contributed by atoms with Crippen molar-refractivity contribution in [1.82, 2.24) is 10.2 Å². The first-order valence-electron chi connectivity index (χ1n) is 6.48. The van der Waals surface area contributed by atoms with E-state index < -0.39 is 0 Å². The van der Waals surface area contributed by atoms with Gasteiger partial charge in [0.25, 0.3) is 0 Å². The predicted molar refractivity (Wildman–Crippen MR) is 70.8 cm³/mol. The summed E-state index contributed by atoms with van der Waals surface area (Å²) in [6, 6.07) is 0. The van der Waals surface area contributed by atoms with Crippen LogP contribution in [0.5, 0.6) is 0 Å². The molecule has 1 fully saturated rings. The Morgan fingerprint density at radius 1 is 1.41 bits per heavy atom. The highest BCUT2D eigenvalue weighted by atomic mass is 16.1. The molecule has 0 bridgehead atoms. The highest BCUT2D eigenvalue weighted by Gasteiger charge is 2.39. The van der Waals surface area contributed by atoms with Gasteiger partial charge in [-0.1, -0.05) is 0 Å². The minimum absolute atomic E-state index is 0.122. The average molecular weight is 241 g/mol. The Kier molecular flexibility index (Phi) is 4.55. The van der Waals surface area contributed by atoms with Gasteiger partial charge in [0.05, 0.1) is 0 Å². The first-order valence-corrected chi connectivity index (χ1v) is 6.48. The van der Waals surface area contributed by atoms with Crippen LogP contribution in [0.3, 0.4) is 0 Å². The lowest BCUT2D eigenvalue weighted by atomic mass is 9.75. The third-order valence-electron chi connectivity index (χ3n) is 3.84. The molecule has 0 aliphatic heterocycles. The van der Waals surface area contributed by atoms with Gasteiger partial charge in [-0.05, 0) is 53.6 Å². The summed E-state index contributed by atoms with van der Waals surface area (Å²) in [7, 11) is 4.18. The molecule has 17 heavy (non-hydrogen) atoms. The molecule has 100 valence electrons. The summed E-state index contributed by atoms with van der Waals surface area (Å²) in [4.78, 5) is 14.0. The van der Waals surface area contributed by atoms with Crippen LogP contribution in [0.15, 0.2) is 0 Å². The van der Waals surface area contributed by atoms with E-state index in [-0.39, 0.29) is 17.0 Å². The molecule has 4 heteroatoms.